The van der Waals surface area contributed by atoms with Crippen LogP contribution in [0.1, 0.15) is 38.5 Å². The summed E-state index contributed by atoms with van der Waals surface area (Å²) in [5.41, 5.74) is 5.48. The van der Waals surface area contributed by atoms with Gasteiger partial charge in [-0.1, -0.05) is 32.1 Å². The van der Waals surface area contributed by atoms with E-state index in [0.717, 1.165) is 6.42 Å². The van der Waals surface area contributed by atoms with E-state index in [2.05, 4.69) is 0 Å². The van der Waals surface area contributed by atoms with Crippen molar-refractivity contribution in [2.75, 3.05) is 0 Å². The molecule has 1 aliphatic rings. The number of hydrogen-bond acceptors (Lipinski definition) is 2. The van der Waals surface area contributed by atoms with E-state index >= 15 is 0 Å². The van der Waals surface area contributed by atoms with Crippen molar-refractivity contribution in [3.8, 4) is 0 Å². The van der Waals surface area contributed by atoms with Crippen molar-refractivity contribution in [3.63, 3.8) is 0 Å². The van der Waals surface area contributed by atoms with Crippen LogP contribution in [0.2, 0.25) is 0 Å². The topological polar surface area (TPSA) is 43.1 Å². The van der Waals surface area contributed by atoms with Gasteiger partial charge in [0, 0.05) is 0 Å². The first kappa shape index (κ1) is 8.72. The minimum atomic E-state index is -0.335. The Bertz CT molecular complexity index is 119. The fourth-order valence-electron chi connectivity index (χ4n) is 1.83. The van der Waals surface area contributed by atoms with E-state index in [1.807, 2.05) is 6.29 Å². The molecule has 2 heteroatoms. The number of carbonyl (C=O) groups excluding carboxylic acids is 1. The summed E-state index contributed by atoms with van der Waals surface area (Å²) in [7, 11) is 0. The SMILES string of the molecule is N[C@H]([C]=O)CC1CCCCC1. The maximum Gasteiger partial charge on any atom is 0.216 e. The van der Waals surface area contributed by atoms with Gasteiger partial charge in [-0.25, -0.2) is 0 Å². The molecule has 0 bridgehead atoms. The second-order valence-electron chi connectivity index (χ2n) is 3.46. The summed E-state index contributed by atoms with van der Waals surface area (Å²) < 4.78 is 0. The Labute approximate surface area is 68.2 Å². The van der Waals surface area contributed by atoms with Crippen LogP contribution in [0.4, 0.5) is 0 Å². The Balaban J connectivity index is 2.18. The van der Waals surface area contributed by atoms with Crippen molar-refractivity contribution in [3.05, 3.63) is 0 Å². The lowest BCUT2D eigenvalue weighted by molar-refractivity contribution is 0.331. The first-order valence-electron chi connectivity index (χ1n) is 4.46. The molecule has 1 fully saturated rings. The summed E-state index contributed by atoms with van der Waals surface area (Å²) in [6.07, 6.45) is 9.20. The Morgan fingerprint density at radius 3 is 2.55 bits per heavy atom. The summed E-state index contributed by atoms with van der Waals surface area (Å²) in [6, 6.07) is -0.335. The largest absolute Gasteiger partial charge is 0.321 e. The van der Waals surface area contributed by atoms with Crippen molar-refractivity contribution >= 4 is 6.29 Å². The van der Waals surface area contributed by atoms with E-state index < -0.39 is 0 Å². The number of nitrogens with two attached hydrogens (primary N) is 1. The standard InChI is InChI=1S/C9H16NO/c10-9(7-11)6-8-4-2-1-3-5-8/h8-9H,1-6,10H2/t9-/m0/s1. The van der Waals surface area contributed by atoms with E-state index in [1.165, 1.54) is 32.1 Å². The van der Waals surface area contributed by atoms with Crippen molar-refractivity contribution in [2.24, 2.45) is 11.7 Å². The second kappa shape index (κ2) is 4.50. The zero-order valence-corrected chi connectivity index (χ0v) is 6.88. The molecule has 0 aromatic rings. The Morgan fingerprint density at radius 1 is 1.36 bits per heavy atom. The van der Waals surface area contributed by atoms with E-state index in [9.17, 15) is 4.79 Å². The molecule has 2 N–H and O–H groups in total. The van der Waals surface area contributed by atoms with Crippen LogP contribution in [-0.2, 0) is 4.79 Å². The second-order valence-corrected chi connectivity index (χ2v) is 3.46. The third kappa shape index (κ3) is 3.02. The Morgan fingerprint density at radius 2 is 2.00 bits per heavy atom. The van der Waals surface area contributed by atoms with Gasteiger partial charge in [-0.2, -0.15) is 0 Å². The first-order valence-corrected chi connectivity index (χ1v) is 4.46. The van der Waals surface area contributed by atoms with Gasteiger partial charge >= 0.3 is 0 Å². The van der Waals surface area contributed by atoms with Crippen LogP contribution < -0.4 is 5.73 Å². The van der Waals surface area contributed by atoms with Gasteiger partial charge in [-0.3, -0.25) is 4.79 Å². The van der Waals surface area contributed by atoms with Crippen molar-refractivity contribution in [2.45, 2.75) is 44.6 Å². The molecule has 0 aliphatic heterocycles. The average molecular weight is 154 g/mol. The molecule has 0 aromatic heterocycles. The smallest absolute Gasteiger partial charge is 0.216 e. The fourth-order valence-corrected chi connectivity index (χ4v) is 1.83. The predicted molar refractivity (Wildman–Crippen MR) is 44.9 cm³/mol. The van der Waals surface area contributed by atoms with Gasteiger partial charge in [-0.15, -0.1) is 0 Å². The number of hydrogen-bond donors (Lipinski definition) is 1. The molecule has 2 nitrogen and oxygen atoms in total. The van der Waals surface area contributed by atoms with E-state index in [0.29, 0.717) is 5.92 Å². The monoisotopic (exact) mass is 154 g/mol. The predicted octanol–water partition coefficient (Wildman–Crippen LogP) is 1.39. The number of rotatable bonds is 3. The molecule has 0 unspecified atom stereocenters. The molecular formula is C9H16NO. The average Bonchev–Trinajstić information content (AvgIpc) is 2.06. The normalized spacial score (nSPS) is 23.0. The minimum absolute atomic E-state index is 0.335. The highest BCUT2D eigenvalue weighted by Crippen LogP contribution is 2.26. The zero-order valence-electron chi connectivity index (χ0n) is 6.88. The Hall–Kier alpha value is -0.370. The molecule has 63 valence electrons. The van der Waals surface area contributed by atoms with Gasteiger partial charge in [0.25, 0.3) is 0 Å². The summed E-state index contributed by atoms with van der Waals surface area (Å²) in [6.45, 7) is 0. The maximum absolute atomic E-state index is 10.1. The molecule has 0 aromatic carbocycles. The van der Waals surface area contributed by atoms with Crippen LogP contribution in [0.3, 0.4) is 0 Å². The van der Waals surface area contributed by atoms with Crippen LogP contribution in [0.25, 0.3) is 0 Å². The van der Waals surface area contributed by atoms with Gasteiger partial charge < -0.3 is 5.73 Å². The third-order valence-electron chi connectivity index (χ3n) is 2.46. The molecule has 0 saturated heterocycles. The van der Waals surface area contributed by atoms with Crippen LogP contribution in [0.5, 0.6) is 0 Å². The van der Waals surface area contributed by atoms with E-state index in [-0.39, 0.29) is 6.04 Å². The van der Waals surface area contributed by atoms with Gasteiger partial charge in [0.15, 0.2) is 0 Å². The van der Waals surface area contributed by atoms with Crippen molar-refractivity contribution in [1.82, 2.24) is 0 Å². The summed E-state index contributed by atoms with van der Waals surface area (Å²) in [5, 5.41) is 0. The summed E-state index contributed by atoms with van der Waals surface area (Å²) in [5.74, 6) is 0.695. The molecule has 0 spiro atoms. The lowest BCUT2D eigenvalue weighted by Gasteiger charge is -2.21. The van der Waals surface area contributed by atoms with Crippen molar-refractivity contribution in [1.29, 1.82) is 0 Å². The van der Waals surface area contributed by atoms with Crippen LogP contribution in [0.15, 0.2) is 0 Å². The molecule has 1 rings (SSSR count). The van der Waals surface area contributed by atoms with E-state index in [4.69, 9.17) is 5.73 Å². The summed E-state index contributed by atoms with van der Waals surface area (Å²) in [4.78, 5) is 10.1. The van der Waals surface area contributed by atoms with Gasteiger partial charge in [0.2, 0.25) is 6.29 Å². The first-order chi connectivity index (χ1) is 5.33. The van der Waals surface area contributed by atoms with Gasteiger partial charge in [-0.05, 0) is 12.3 Å². The fraction of sp³-hybridized carbons (Fsp3) is 0.889. The maximum atomic E-state index is 10.1. The van der Waals surface area contributed by atoms with Crippen LogP contribution >= 0.6 is 0 Å². The molecule has 0 amide bonds. The molecule has 1 radical (unpaired) electrons. The van der Waals surface area contributed by atoms with Crippen LogP contribution in [-0.4, -0.2) is 12.3 Å². The zero-order chi connectivity index (χ0) is 8.10. The molecule has 11 heavy (non-hydrogen) atoms. The third-order valence-corrected chi connectivity index (χ3v) is 2.46. The van der Waals surface area contributed by atoms with Gasteiger partial charge in [0.05, 0.1) is 6.04 Å². The highest BCUT2D eigenvalue weighted by molar-refractivity contribution is 5.57. The van der Waals surface area contributed by atoms with E-state index in [1.54, 1.807) is 0 Å². The Kier molecular flexibility index (Phi) is 3.57. The van der Waals surface area contributed by atoms with Crippen molar-refractivity contribution < 1.29 is 4.79 Å². The molecule has 1 saturated carbocycles. The molecule has 1 aliphatic carbocycles. The molecule has 1 atom stereocenters. The molecular weight excluding hydrogens is 138 g/mol. The quantitative estimate of drug-likeness (QED) is 0.667. The van der Waals surface area contributed by atoms with Crippen LogP contribution in [0, 0.1) is 5.92 Å². The minimum Gasteiger partial charge on any atom is -0.321 e. The lowest BCUT2D eigenvalue weighted by Crippen LogP contribution is -2.25. The highest BCUT2D eigenvalue weighted by Gasteiger charge is 2.16. The summed E-state index contributed by atoms with van der Waals surface area (Å²) >= 11 is 0. The van der Waals surface area contributed by atoms with Gasteiger partial charge in [0.1, 0.15) is 0 Å². The highest BCUT2D eigenvalue weighted by atomic mass is 16.1. The molecule has 0 heterocycles. The lowest BCUT2D eigenvalue weighted by atomic mass is 9.85.